The van der Waals surface area contributed by atoms with Gasteiger partial charge in [-0.3, -0.25) is 0 Å². The Morgan fingerprint density at radius 3 is 2.57 bits per heavy atom. The molecule has 0 fully saturated rings. The lowest BCUT2D eigenvalue weighted by Gasteiger charge is -2.08. The molecule has 106 valence electrons. The zero-order valence-electron chi connectivity index (χ0n) is 10.7. The second-order valence-electron chi connectivity index (χ2n) is 3.97. The zero-order valence-corrected chi connectivity index (χ0v) is 13.0. The molecule has 4 nitrogen and oxygen atoms in total. The smallest absolute Gasteiger partial charge is 0.349 e. The van der Waals surface area contributed by atoms with E-state index in [-0.39, 0.29) is 12.4 Å². The average Bonchev–Trinajstić information content (AvgIpc) is 2.48. The summed E-state index contributed by atoms with van der Waals surface area (Å²) in [5, 5.41) is 9.01. The molecule has 0 aliphatic carbocycles. The van der Waals surface area contributed by atoms with E-state index >= 15 is 0 Å². The normalized spacial score (nSPS) is 9.76. The van der Waals surface area contributed by atoms with E-state index in [9.17, 15) is 4.79 Å². The molecule has 0 aromatic heterocycles. The number of nitrogens with zero attached hydrogens (tertiary/aromatic N) is 1. The van der Waals surface area contributed by atoms with Crippen molar-refractivity contribution in [2.75, 3.05) is 6.61 Å². The third-order valence-corrected chi connectivity index (χ3v) is 3.25. The lowest BCUT2D eigenvalue weighted by molar-refractivity contribution is -0.136. The summed E-state index contributed by atoms with van der Waals surface area (Å²) in [5.41, 5.74) is 0.520. The summed E-state index contributed by atoms with van der Waals surface area (Å²) in [6.07, 6.45) is 0. The summed E-state index contributed by atoms with van der Waals surface area (Å²) in [7, 11) is 0. The summed E-state index contributed by atoms with van der Waals surface area (Å²) in [4.78, 5) is 11.7. The van der Waals surface area contributed by atoms with Crippen LogP contribution in [0.2, 0.25) is 5.02 Å². The Bertz CT molecular complexity index is 695. The third-order valence-electron chi connectivity index (χ3n) is 2.46. The van der Waals surface area contributed by atoms with Gasteiger partial charge in [0.1, 0.15) is 11.5 Å². The standard InChI is InChI=1S/C15H9BrClNO3/c16-11-3-6-14(13(17)7-11)21-15(19)9-20-12-4-1-10(8-18)2-5-12/h1-7H,9H2. The van der Waals surface area contributed by atoms with Gasteiger partial charge in [-0.15, -0.1) is 0 Å². The molecule has 0 aliphatic heterocycles. The Labute approximate surface area is 135 Å². The lowest BCUT2D eigenvalue weighted by Crippen LogP contribution is -2.17. The van der Waals surface area contributed by atoms with Crippen LogP contribution in [0.25, 0.3) is 0 Å². The number of benzene rings is 2. The third kappa shape index (κ3) is 4.48. The van der Waals surface area contributed by atoms with Gasteiger partial charge >= 0.3 is 5.97 Å². The first-order valence-corrected chi connectivity index (χ1v) is 7.04. The number of esters is 1. The Hall–Kier alpha value is -2.03. The quantitative estimate of drug-likeness (QED) is 0.607. The van der Waals surface area contributed by atoms with Gasteiger partial charge in [0.05, 0.1) is 16.7 Å². The Balaban J connectivity index is 1.91. The molecule has 0 bridgehead atoms. The first kappa shape index (κ1) is 15.4. The predicted octanol–water partition coefficient (Wildman–Crippen LogP) is 3.96. The molecule has 0 aliphatic rings. The molecule has 6 heteroatoms. The van der Waals surface area contributed by atoms with Crippen LogP contribution in [-0.2, 0) is 4.79 Å². The second kappa shape index (κ2) is 7.11. The molecule has 0 amide bonds. The van der Waals surface area contributed by atoms with Crippen LogP contribution in [0.4, 0.5) is 0 Å². The fraction of sp³-hybridized carbons (Fsp3) is 0.0667. The van der Waals surface area contributed by atoms with Crippen LogP contribution in [0.1, 0.15) is 5.56 Å². The lowest BCUT2D eigenvalue weighted by atomic mass is 10.2. The van der Waals surface area contributed by atoms with Crippen LogP contribution in [0, 0.1) is 11.3 Å². The van der Waals surface area contributed by atoms with Crippen molar-refractivity contribution in [2.24, 2.45) is 0 Å². The highest BCUT2D eigenvalue weighted by Crippen LogP contribution is 2.27. The molecule has 2 aromatic rings. The number of ether oxygens (including phenoxy) is 2. The number of hydrogen-bond acceptors (Lipinski definition) is 4. The second-order valence-corrected chi connectivity index (χ2v) is 5.30. The molecule has 0 unspecified atom stereocenters. The van der Waals surface area contributed by atoms with Crippen molar-refractivity contribution >= 4 is 33.5 Å². The van der Waals surface area contributed by atoms with Gasteiger partial charge in [0.2, 0.25) is 0 Å². The van der Waals surface area contributed by atoms with E-state index in [1.165, 1.54) is 0 Å². The van der Waals surface area contributed by atoms with Crippen molar-refractivity contribution in [3.8, 4) is 17.6 Å². The molecule has 2 rings (SSSR count). The number of carbonyl (C=O) groups excluding carboxylic acids is 1. The minimum atomic E-state index is -0.566. The maximum Gasteiger partial charge on any atom is 0.349 e. The Morgan fingerprint density at radius 2 is 1.95 bits per heavy atom. The van der Waals surface area contributed by atoms with Crippen molar-refractivity contribution in [2.45, 2.75) is 0 Å². The predicted molar refractivity (Wildman–Crippen MR) is 81.4 cm³/mol. The average molecular weight is 367 g/mol. The molecule has 21 heavy (non-hydrogen) atoms. The van der Waals surface area contributed by atoms with Crippen molar-refractivity contribution in [1.29, 1.82) is 5.26 Å². The van der Waals surface area contributed by atoms with E-state index in [1.807, 2.05) is 6.07 Å². The summed E-state index contributed by atoms with van der Waals surface area (Å²) in [6, 6.07) is 13.4. The number of rotatable bonds is 4. The van der Waals surface area contributed by atoms with Gasteiger partial charge in [-0.1, -0.05) is 27.5 Å². The highest BCUT2D eigenvalue weighted by Gasteiger charge is 2.09. The monoisotopic (exact) mass is 365 g/mol. The highest BCUT2D eigenvalue weighted by atomic mass is 79.9. The molecule has 0 spiro atoms. The first-order valence-electron chi connectivity index (χ1n) is 5.87. The van der Waals surface area contributed by atoms with E-state index in [1.54, 1.807) is 42.5 Å². The molecule has 0 heterocycles. The fourth-order valence-electron chi connectivity index (χ4n) is 1.48. The first-order chi connectivity index (χ1) is 10.1. The molecule has 0 radical (unpaired) electrons. The van der Waals surface area contributed by atoms with Crippen LogP contribution in [0.15, 0.2) is 46.9 Å². The van der Waals surface area contributed by atoms with Crippen LogP contribution in [-0.4, -0.2) is 12.6 Å². The maximum atomic E-state index is 11.7. The topological polar surface area (TPSA) is 59.3 Å². The van der Waals surface area contributed by atoms with Crippen molar-refractivity contribution < 1.29 is 14.3 Å². The van der Waals surface area contributed by atoms with Crippen molar-refractivity contribution in [1.82, 2.24) is 0 Å². The summed E-state index contributed by atoms with van der Waals surface area (Å²) in [6.45, 7) is -0.252. The fourth-order valence-corrected chi connectivity index (χ4v) is 2.19. The maximum absolute atomic E-state index is 11.7. The number of hydrogen-bond donors (Lipinski definition) is 0. The minimum absolute atomic E-state index is 0.252. The molecule has 0 N–H and O–H groups in total. The van der Waals surface area contributed by atoms with E-state index in [2.05, 4.69) is 15.9 Å². The Kier molecular flexibility index (Phi) is 5.20. The van der Waals surface area contributed by atoms with E-state index in [0.29, 0.717) is 16.3 Å². The van der Waals surface area contributed by atoms with E-state index in [0.717, 1.165) is 4.47 Å². The number of halogens is 2. The SMILES string of the molecule is N#Cc1ccc(OCC(=O)Oc2ccc(Br)cc2Cl)cc1. The summed E-state index contributed by atoms with van der Waals surface area (Å²) in [5.74, 6) is 0.185. The van der Waals surface area contributed by atoms with Gasteiger partial charge in [0, 0.05) is 4.47 Å². The molecule has 0 saturated carbocycles. The van der Waals surface area contributed by atoms with E-state index in [4.69, 9.17) is 26.3 Å². The molecular weight excluding hydrogens is 358 g/mol. The summed E-state index contributed by atoms with van der Waals surface area (Å²) < 4.78 is 11.2. The molecule has 0 saturated heterocycles. The van der Waals surface area contributed by atoms with Crippen LogP contribution in [0.3, 0.4) is 0 Å². The molecule has 2 aromatic carbocycles. The number of nitriles is 1. The van der Waals surface area contributed by atoms with Gasteiger partial charge in [-0.05, 0) is 42.5 Å². The summed E-state index contributed by atoms with van der Waals surface area (Å²) >= 11 is 9.21. The van der Waals surface area contributed by atoms with Crippen LogP contribution < -0.4 is 9.47 Å². The van der Waals surface area contributed by atoms with Crippen molar-refractivity contribution in [3.05, 3.63) is 57.5 Å². The van der Waals surface area contributed by atoms with Gasteiger partial charge in [0.15, 0.2) is 6.61 Å². The Morgan fingerprint density at radius 1 is 1.24 bits per heavy atom. The van der Waals surface area contributed by atoms with Crippen LogP contribution in [0.5, 0.6) is 11.5 Å². The van der Waals surface area contributed by atoms with Crippen LogP contribution >= 0.6 is 27.5 Å². The van der Waals surface area contributed by atoms with Crippen molar-refractivity contribution in [3.63, 3.8) is 0 Å². The largest absolute Gasteiger partial charge is 0.482 e. The zero-order chi connectivity index (χ0) is 15.2. The van der Waals surface area contributed by atoms with Gasteiger partial charge in [-0.25, -0.2) is 4.79 Å². The van der Waals surface area contributed by atoms with Gasteiger partial charge in [-0.2, -0.15) is 5.26 Å². The highest BCUT2D eigenvalue weighted by molar-refractivity contribution is 9.10. The molecular formula is C15H9BrClNO3. The van der Waals surface area contributed by atoms with Gasteiger partial charge in [0.25, 0.3) is 0 Å². The van der Waals surface area contributed by atoms with Gasteiger partial charge < -0.3 is 9.47 Å². The molecule has 0 atom stereocenters. The van der Waals surface area contributed by atoms with E-state index < -0.39 is 5.97 Å². The minimum Gasteiger partial charge on any atom is -0.482 e. The number of carbonyl (C=O) groups is 1.